The van der Waals surface area contributed by atoms with Gasteiger partial charge in [-0.25, -0.2) is 0 Å². The van der Waals surface area contributed by atoms with Crippen LogP contribution in [0.15, 0.2) is 35.7 Å². The minimum atomic E-state index is -0.179. The second-order valence-corrected chi connectivity index (χ2v) is 6.47. The molecule has 1 aromatic carbocycles. The first-order valence-corrected chi connectivity index (χ1v) is 7.96. The summed E-state index contributed by atoms with van der Waals surface area (Å²) in [5.41, 5.74) is 0.451. The fraction of sp³-hybridized carbons (Fsp3) is 0.312. The molecule has 2 aromatic rings. The molecule has 1 atom stereocenters. The first-order valence-electron chi connectivity index (χ1n) is 6.70. The number of hydrogen-bond acceptors (Lipinski definition) is 3. The summed E-state index contributed by atoms with van der Waals surface area (Å²) in [7, 11) is 1.54. The Morgan fingerprint density at radius 2 is 2.10 bits per heavy atom. The second-order valence-electron chi connectivity index (χ2n) is 5.06. The van der Waals surface area contributed by atoms with Crippen molar-refractivity contribution in [1.29, 1.82) is 0 Å². The Morgan fingerprint density at radius 3 is 2.67 bits per heavy atom. The number of hydrogen-bond donors (Lipinski definition) is 1. The van der Waals surface area contributed by atoms with Gasteiger partial charge in [-0.1, -0.05) is 31.5 Å². The molecule has 112 valence electrons. The van der Waals surface area contributed by atoms with Crippen LogP contribution in [-0.4, -0.2) is 13.0 Å². The van der Waals surface area contributed by atoms with Crippen LogP contribution < -0.4 is 10.1 Å². The van der Waals surface area contributed by atoms with Gasteiger partial charge in [0.25, 0.3) is 5.91 Å². The summed E-state index contributed by atoms with van der Waals surface area (Å²) in [4.78, 5) is 13.7. The van der Waals surface area contributed by atoms with E-state index in [-0.39, 0.29) is 17.9 Å². The highest BCUT2D eigenvalue weighted by molar-refractivity contribution is 7.10. The largest absolute Gasteiger partial charge is 0.496 e. The lowest BCUT2D eigenvalue weighted by Crippen LogP contribution is -2.31. The fourth-order valence-corrected chi connectivity index (χ4v) is 3.23. The van der Waals surface area contributed by atoms with Crippen molar-refractivity contribution < 1.29 is 9.53 Å². The third-order valence-electron chi connectivity index (χ3n) is 3.21. The van der Waals surface area contributed by atoms with Crippen molar-refractivity contribution in [3.05, 3.63) is 51.2 Å². The predicted molar refractivity (Wildman–Crippen MR) is 87.4 cm³/mol. The van der Waals surface area contributed by atoms with E-state index < -0.39 is 0 Å². The lowest BCUT2D eigenvalue weighted by molar-refractivity contribution is 0.0923. The maximum atomic E-state index is 12.5. The van der Waals surface area contributed by atoms with Crippen LogP contribution in [0.3, 0.4) is 0 Å². The van der Waals surface area contributed by atoms with Crippen LogP contribution >= 0.6 is 22.9 Å². The Balaban J connectivity index is 2.26. The lowest BCUT2D eigenvalue weighted by Gasteiger charge is -2.22. The molecule has 3 nitrogen and oxygen atoms in total. The number of ether oxygens (including phenoxy) is 1. The molecular weight excluding hydrogens is 306 g/mol. The molecule has 0 saturated heterocycles. The quantitative estimate of drug-likeness (QED) is 0.877. The highest BCUT2D eigenvalue weighted by atomic mass is 35.5. The molecule has 0 unspecified atom stereocenters. The summed E-state index contributed by atoms with van der Waals surface area (Å²) in [6.45, 7) is 4.17. The van der Waals surface area contributed by atoms with Crippen molar-refractivity contribution in [3.63, 3.8) is 0 Å². The zero-order valence-electron chi connectivity index (χ0n) is 12.2. The number of methoxy groups -OCH3 is 1. The molecule has 0 fully saturated rings. The van der Waals surface area contributed by atoms with Crippen LogP contribution in [0.2, 0.25) is 5.02 Å². The van der Waals surface area contributed by atoms with Gasteiger partial charge in [0.15, 0.2) is 0 Å². The van der Waals surface area contributed by atoms with Gasteiger partial charge < -0.3 is 10.1 Å². The second kappa shape index (κ2) is 6.96. The summed E-state index contributed by atoms with van der Waals surface area (Å²) < 4.78 is 5.24. The average Bonchev–Trinajstić information content (AvgIpc) is 2.97. The van der Waals surface area contributed by atoms with Gasteiger partial charge >= 0.3 is 0 Å². The molecule has 1 N–H and O–H groups in total. The maximum Gasteiger partial charge on any atom is 0.255 e. The van der Waals surface area contributed by atoms with Gasteiger partial charge in [0.05, 0.1) is 18.7 Å². The third kappa shape index (κ3) is 3.77. The SMILES string of the molecule is COc1ccc(Cl)cc1C(=O)N[C@H](c1cccs1)C(C)C. The highest BCUT2D eigenvalue weighted by Crippen LogP contribution is 2.28. The van der Waals surface area contributed by atoms with Crippen LogP contribution in [0.4, 0.5) is 0 Å². The van der Waals surface area contributed by atoms with Crippen LogP contribution in [0, 0.1) is 5.92 Å². The van der Waals surface area contributed by atoms with Crippen LogP contribution in [0.5, 0.6) is 5.75 Å². The molecule has 0 aliphatic rings. The first-order chi connectivity index (χ1) is 10.0. The van der Waals surface area contributed by atoms with E-state index in [1.165, 1.54) is 0 Å². The van der Waals surface area contributed by atoms with Gasteiger partial charge in [0, 0.05) is 9.90 Å². The molecule has 1 amide bonds. The topological polar surface area (TPSA) is 38.3 Å². The van der Waals surface area contributed by atoms with Gasteiger partial charge in [0.1, 0.15) is 5.75 Å². The summed E-state index contributed by atoms with van der Waals surface area (Å²) in [6, 6.07) is 9.03. The number of amides is 1. The number of benzene rings is 1. The van der Waals surface area contributed by atoms with Crippen molar-refractivity contribution in [1.82, 2.24) is 5.32 Å². The van der Waals surface area contributed by atoms with E-state index in [1.807, 2.05) is 17.5 Å². The predicted octanol–water partition coefficient (Wildman–Crippen LogP) is 4.54. The summed E-state index contributed by atoms with van der Waals surface area (Å²) >= 11 is 7.62. The third-order valence-corrected chi connectivity index (χ3v) is 4.40. The number of carbonyl (C=O) groups excluding carboxylic acids is 1. The van der Waals surface area contributed by atoms with E-state index in [2.05, 4.69) is 19.2 Å². The minimum Gasteiger partial charge on any atom is -0.496 e. The van der Waals surface area contributed by atoms with E-state index in [0.717, 1.165) is 4.88 Å². The molecule has 21 heavy (non-hydrogen) atoms. The normalized spacial score (nSPS) is 12.2. The maximum absolute atomic E-state index is 12.5. The Morgan fingerprint density at radius 1 is 1.33 bits per heavy atom. The number of carbonyl (C=O) groups is 1. The van der Waals surface area contributed by atoms with Crippen molar-refractivity contribution in [2.45, 2.75) is 19.9 Å². The van der Waals surface area contributed by atoms with E-state index in [9.17, 15) is 4.79 Å². The van der Waals surface area contributed by atoms with Crippen molar-refractivity contribution in [2.24, 2.45) is 5.92 Å². The van der Waals surface area contributed by atoms with Crippen LogP contribution in [0.1, 0.15) is 35.1 Å². The Bertz CT molecular complexity index is 611. The molecule has 0 radical (unpaired) electrons. The number of nitrogens with one attached hydrogen (secondary N) is 1. The molecule has 2 rings (SSSR count). The highest BCUT2D eigenvalue weighted by Gasteiger charge is 2.22. The molecule has 1 heterocycles. The van der Waals surface area contributed by atoms with Gasteiger partial charge in [-0.3, -0.25) is 4.79 Å². The lowest BCUT2D eigenvalue weighted by atomic mass is 10.0. The van der Waals surface area contributed by atoms with E-state index in [1.54, 1.807) is 36.6 Å². The smallest absolute Gasteiger partial charge is 0.255 e. The zero-order valence-corrected chi connectivity index (χ0v) is 13.8. The zero-order chi connectivity index (χ0) is 15.4. The van der Waals surface area contributed by atoms with E-state index in [4.69, 9.17) is 16.3 Å². The Labute approximate surface area is 133 Å². The molecule has 0 aliphatic heterocycles. The monoisotopic (exact) mass is 323 g/mol. The molecule has 0 bridgehead atoms. The van der Waals surface area contributed by atoms with E-state index >= 15 is 0 Å². The average molecular weight is 324 g/mol. The van der Waals surface area contributed by atoms with Crippen molar-refractivity contribution in [3.8, 4) is 5.75 Å². The van der Waals surface area contributed by atoms with Gasteiger partial charge in [-0.15, -0.1) is 11.3 Å². The number of rotatable bonds is 5. The molecule has 0 spiro atoms. The molecule has 0 aliphatic carbocycles. The van der Waals surface area contributed by atoms with Gasteiger partial charge in [-0.2, -0.15) is 0 Å². The molecule has 5 heteroatoms. The van der Waals surface area contributed by atoms with Crippen LogP contribution in [0.25, 0.3) is 0 Å². The minimum absolute atomic E-state index is 0.0267. The summed E-state index contributed by atoms with van der Waals surface area (Å²) in [5, 5.41) is 5.59. The van der Waals surface area contributed by atoms with Crippen molar-refractivity contribution >= 4 is 28.8 Å². The van der Waals surface area contributed by atoms with Gasteiger partial charge in [-0.05, 0) is 35.6 Å². The van der Waals surface area contributed by atoms with Crippen LogP contribution in [-0.2, 0) is 0 Å². The van der Waals surface area contributed by atoms with E-state index in [0.29, 0.717) is 16.3 Å². The number of thiophene rings is 1. The van der Waals surface area contributed by atoms with Crippen molar-refractivity contribution in [2.75, 3.05) is 7.11 Å². The summed E-state index contributed by atoms with van der Waals surface area (Å²) in [5.74, 6) is 0.629. The first kappa shape index (κ1) is 15.9. The summed E-state index contributed by atoms with van der Waals surface area (Å²) in [6.07, 6.45) is 0. The Hall–Kier alpha value is -1.52. The molecule has 1 aromatic heterocycles. The molecule has 0 saturated carbocycles. The molecular formula is C16H18ClNO2S. The standard InChI is InChI=1S/C16H18ClNO2S/c1-10(2)15(14-5-4-8-21-14)18-16(19)12-9-11(17)6-7-13(12)20-3/h4-10,15H,1-3H3,(H,18,19)/t15-/m0/s1. The van der Waals surface area contributed by atoms with Gasteiger partial charge in [0.2, 0.25) is 0 Å². The number of halogens is 1. The fourth-order valence-electron chi connectivity index (χ4n) is 2.11. The Kier molecular flexibility index (Phi) is 5.26.